The van der Waals surface area contributed by atoms with Gasteiger partial charge in [0.1, 0.15) is 0 Å². The first kappa shape index (κ1) is 16.0. The van der Waals surface area contributed by atoms with E-state index in [0.29, 0.717) is 12.1 Å². The number of likely N-dealkylation sites (tertiary alicyclic amines) is 1. The van der Waals surface area contributed by atoms with Gasteiger partial charge in [-0.25, -0.2) is 0 Å². The normalized spacial score (nSPS) is 22.7. The summed E-state index contributed by atoms with van der Waals surface area (Å²) in [6, 6.07) is 11.3. The Labute approximate surface area is 136 Å². The molecule has 1 aromatic carbocycles. The number of piperidine rings is 1. The van der Waals surface area contributed by atoms with Crippen molar-refractivity contribution in [3.63, 3.8) is 0 Å². The van der Waals surface area contributed by atoms with Crippen LogP contribution in [-0.4, -0.2) is 30.1 Å². The van der Waals surface area contributed by atoms with E-state index in [1.54, 1.807) is 0 Å². The quantitative estimate of drug-likeness (QED) is 0.893. The number of benzene rings is 1. The number of nitrogens with zero attached hydrogens (tertiary/aromatic N) is 1. The second-order valence-corrected chi connectivity index (χ2v) is 8.30. The van der Waals surface area contributed by atoms with E-state index in [-0.39, 0.29) is 5.41 Å². The fourth-order valence-electron chi connectivity index (χ4n) is 3.59. The number of rotatable bonds is 4. The van der Waals surface area contributed by atoms with Crippen molar-refractivity contribution in [1.29, 1.82) is 0 Å². The molecule has 0 aromatic heterocycles. The van der Waals surface area contributed by atoms with Gasteiger partial charge in [-0.2, -0.15) is 0 Å². The molecule has 1 saturated heterocycles. The van der Waals surface area contributed by atoms with Crippen molar-refractivity contribution in [2.24, 2.45) is 0 Å². The second-order valence-electron chi connectivity index (χ2n) is 8.30. The third-order valence-electron chi connectivity index (χ3n) is 5.36. The van der Waals surface area contributed by atoms with Gasteiger partial charge < -0.3 is 10.2 Å². The molecule has 1 aromatic rings. The molecule has 122 valence electrons. The molecule has 1 saturated carbocycles. The van der Waals surface area contributed by atoms with Gasteiger partial charge in [-0.1, -0.05) is 45.0 Å². The Hall–Kier alpha value is -0.860. The summed E-state index contributed by atoms with van der Waals surface area (Å²) in [5.41, 5.74) is 3.07. The van der Waals surface area contributed by atoms with Crippen LogP contribution in [0.3, 0.4) is 0 Å². The van der Waals surface area contributed by atoms with Crippen LogP contribution in [0.2, 0.25) is 0 Å². The van der Waals surface area contributed by atoms with Crippen molar-refractivity contribution in [2.45, 2.75) is 76.9 Å². The largest absolute Gasteiger partial charge is 0.307 e. The lowest BCUT2D eigenvalue weighted by atomic mass is 9.86. The first-order valence-corrected chi connectivity index (χ1v) is 9.04. The Morgan fingerprint density at radius 3 is 2.09 bits per heavy atom. The number of hydrogen-bond donors (Lipinski definition) is 1. The smallest absolute Gasteiger partial charge is 0.0294 e. The Balaban J connectivity index is 1.52. The van der Waals surface area contributed by atoms with Gasteiger partial charge in [-0.05, 0) is 62.2 Å². The van der Waals surface area contributed by atoms with Crippen LogP contribution in [0.25, 0.3) is 0 Å². The summed E-state index contributed by atoms with van der Waals surface area (Å²) in [4.78, 5) is 2.70. The molecular weight excluding hydrogens is 268 g/mol. The van der Waals surface area contributed by atoms with E-state index in [4.69, 9.17) is 0 Å². The molecule has 22 heavy (non-hydrogen) atoms. The van der Waals surface area contributed by atoms with Gasteiger partial charge in [-0.15, -0.1) is 0 Å². The van der Waals surface area contributed by atoms with Gasteiger partial charge in [0, 0.05) is 18.1 Å². The van der Waals surface area contributed by atoms with Gasteiger partial charge in [0.25, 0.3) is 0 Å². The Morgan fingerprint density at radius 1 is 1.00 bits per heavy atom. The van der Waals surface area contributed by atoms with E-state index < -0.39 is 0 Å². The van der Waals surface area contributed by atoms with Crippen LogP contribution in [0.5, 0.6) is 0 Å². The maximum atomic E-state index is 3.85. The lowest BCUT2D eigenvalue weighted by Crippen LogP contribution is -2.44. The maximum absolute atomic E-state index is 3.85. The molecule has 2 aliphatic rings. The van der Waals surface area contributed by atoms with Crippen LogP contribution in [0, 0.1) is 0 Å². The molecule has 1 aliphatic heterocycles. The first-order chi connectivity index (χ1) is 10.4. The summed E-state index contributed by atoms with van der Waals surface area (Å²) in [6.45, 7) is 11.7. The van der Waals surface area contributed by atoms with Crippen LogP contribution >= 0.6 is 0 Å². The van der Waals surface area contributed by atoms with E-state index in [1.165, 1.54) is 49.9 Å². The minimum Gasteiger partial charge on any atom is -0.307 e. The molecule has 1 heterocycles. The highest BCUT2D eigenvalue weighted by molar-refractivity contribution is 5.29. The van der Waals surface area contributed by atoms with Crippen molar-refractivity contribution >= 4 is 0 Å². The predicted molar refractivity (Wildman–Crippen MR) is 94.3 cm³/mol. The highest BCUT2D eigenvalue weighted by Gasteiger charge is 2.32. The Bertz CT molecular complexity index is 473. The highest BCUT2D eigenvalue weighted by Crippen LogP contribution is 2.30. The van der Waals surface area contributed by atoms with E-state index in [9.17, 15) is 0 Å². The summed E-state index contributed by atoms with van der Waals surface area (Å²) in [5, 5.41) is 3.85. The fourth-order valence-corrected chi connectivity index (χ4v) is 3.59. The molecule has 1 atom stereocenters. The molecule has 0 bridgehead atoms. The molecule has 1 N–H and O–H groups in total. The molecule has 1 aliphatic carbocycles. The first-order valence-electron chi connectivity index (χ1n) is 9.04. The van der Waals surface area contributed by atoms with Crippen LogP contribution in [0.4, 0.5) is 0 Å². The molecular formula is C20H32N2. The second kappa shape index (κ2) is 6.33. The van der Waals surface area contributed by atoms with Crippen molar-refractivity contribution in [1.82, 2.24) is 10.2 Å². The molecule has 2 fully saturated rings. The number of nitrogens with one attached hydrogen (secondary N) is 1. The summed E-state index contributed by atoms with van der Waals surface area (Å²) >= 11 is 0. The van der Waals surface area contributed by atoms with Gasteiger partial charge >= 0.3 is 0 Å². The standard InChI is InChI=1S/C20H32N2/c1-15(16-5-7-17(8-6-16)20(2,3)4)21-18-11-13-22(14-12-18)19-9-10-19/h5-8,15,18-19,21H,9-14H2,1-4H3. The summed E-state index contributed by atoms with van der Waals surface area (Å²) < 4.78 is 0. The van der Waals surface area contributed by atoms with Crippen molar-refractivity contribution in [2.75, 3.05) is 13.1 Å². The summed E-state index contributed by atoms with van der Waals surface area (Å²) in [6.07, 6.45) is 5.49. The molecule has 2 heteroatoms. The third-order valence-corrected chi connectivity index (χ3v) is 5.36. The monoisotopic (exact) mass is 300 g/mol. The minimum atomic E-state index is 0.241. The zero-order chi connectivity index (χ0) is 15.7. The lowest BCUT2D eigenvalue weighted by molar-refractivity contribution is 0.184. The fraction of sp³-hybridized carbons (Fsp3) is 0.700. The Kier molecular flexibility index (Phi) is 4.61. The number of hydrogen-bond acceptors (Lipinski definition) is 2. The van der Waals surface area contributed by atoms with Crippen LogP contribution in [0.15, 0.2) is 24.3 Å². The van der Waals surface area contributed by atoms with Crippen molar-refractivity contribution < 1.29 is 0 Å². The SMILES string of the molecule is CC(NC1CCN(C2CC2)CC1)c1ccc(C(C)(C)C)cc1. The predicted octanol–water partition coefficient (Wildman–Crippen LogP) is 4.26. The summed E-state index contributed by atoms with van der Waals surface area (Å²) in [5.74, 6) is 0. The van der Waals surface area contributed by atoms with Gasteiger partial charge in [0.15, 0.2) is 0 Å². The Morgan fingerprint density at radius 2 is 1.59 bits per heavy atom. The molecule has 0 spiro atoms. The van der Waals surface area contributed by atoms with Gasteiger partial charge in [-0.3, -0.25) is 0 Å². The van der Waals surface area contributed by atoms with Crippen LogP contribution in [0.1, 0.15) is 70.5 Å². The average Bonchev–Trinajstić information content (AvgIpc) is 3.32. The van der Waals surface area contributed by atoms with E-state index in [2.05, 4.69) is 62.2 Å². The van der Waals surface area contributed by atoms with Gasteiger partial charge in [0.2, 0.25) is 0 Å². The third kappa shape index (κ3) is 3.91. The van der Waals surface area contributed by atoms with Gasteiger partial charge in [0.05, 0.1) is 0 Å². The topological polar surface area (TPSA) is 15.3 Å². The molecule has 0 radical (unpaired) electrons. The maximum Gasteiger partial charge on any atom is 0.0294 e. The molecule has 3 rings (SSSR count). The average molecular weight is 300 g/mol. The zero-order valence-electron chi connectivity index (χ0n) is 14.7. The van der Waals surface area contributed by atoms with E-state index >= 15 is 0 Å². The van der Waals surface area contributed by atoms with E-state index in [1.807, 2.05) is 0 Å². The molecule has 2 nitrogen and oxygen atoms in total. The molecule has 0 amide bonds. The van der Waals surface area contributed by atoms with Crippen molar-refractivity contribution in [3.8, 4) is 0 Å². The van der Waals surface area contributed by atoms with E-state index in [0.717, 1.165) is 6.04 Å². The summed E-state index contributed by atoms with van der Waals surface area (Å²) in [7, 11) is 0. The lowest BCUT2D eigenvalue weighted by Gasteiger charge is -2.34. The van der Waals surface area contributed by atoms with Crippen LogP contribution in [-0.2, 0) is 5.41 Å². The van der Waals surface area contributed by atoms with Crippen molar-refractivity contribution in [3.05, 3.63) is 35.4 Å². The molecule has 1 unspecified atom stereocenters. The van der Waals surface area contributed by atoms with Crippen LogP contribution < -0.4 is 5.32 Å². The minimum absolute atomic E-state index is 0.241. The zero-order valence-corrected chi connectivity index (χ0v) is 14.7. The highest BCUT2D eigenvalue weighted by atomic mass is 15.2.